The van der Waals surface area contributed by atoms with E-state index in [4.69, 9.17) is 0 Å². The number of carbonyl (C=O) groups excluding carboxylic acids is 1. The Kier molecular flexibility index (Phi) is 4.05. The number of nitrogens with zero attached hydrogens (tertiary/aromatic N) is 7. The predicted octanol–water partition coefficient (Wildman–Crippen LogP) is 2.35. The van der Waals surface area contributed by atoms with Gasteiger partial charge in [0.25, 0.3) is 5.91 Å². The molecule has 1 amide bonds. The highest BCUT2D eigenvalue weighted by Crippen LogP contribution is 2.28. The van der Waals surface area contributed by atoms with Gasteiger partial charge in [0.15, 0.2) is 0 Å². The molecule has 8 nitrogen and oxygen atoms in total. The van der Waals surface area contributed by atoms with Gasteiger partial charge in [-0.25, -0.2) is 9.97 Å². The van der Waals surface area contributed by atoms with Crippen LogP contribution in [0.1, 0.15) is 18.4 Å². The maximum absolute atomic E-state index is 12.6. The van der Waals surface area contributed by atoms with Gasteiger partial charge in [0.05, 0.1) is 24.5 Å². The van der Waals surface area contributed by atoms with E-state index >= 15 is 0 Å². The van der Waals surface area contributed by atoms with Crippen LogP contribution in [0.15, 0.2) is 47.0 Å². The Bertz CT molecular complexity index is 874. The van der Waals surface area contributed by atoms with Crippen LogP contribution in [-0.2, 0) is 11.2 Å². The van der Waals surface area contributed by atoms with Crippen LogP contribution in [0.4, 0.5) is 17.3 Å². The van der Waals surface area contributed by atoms with Gasteiger partial charge in [-0.2, -0.15) is 5.01 Å². The lowest BCUT2D eigenvalue weighted by Crippen LogP contribution is -2.38. The molecule has 6 rings (SSSR count). The first-order chi connectivity index (χ1) is 13.3. The van der Waals surface area contributed by atoms with Crippen LogP contribution in [0.2, 0.25) is 0 Å². The first-order valence-corrected chi connectivity index (χ1v) is 9.41. The number of rotatable bonds is 2. The molecule has 0 N–H and O–H groups in total. The zero-order chi connectivity index (χ0) is 18.2. The van der Waals surface area contributed by atoms with E-state index in [9.17, 15) is 4.79 Å². The van der Waals surface area contributed by atoms with Gasteiger partial charge in [0.1, 0.15) is 5.69 Å². The third-order valence-electron chi connectivity index (χ3n) is 5.59. The third kappa shape index (κ3) is 3.06. The number of fused-ring (bicyclic) bond motifs is 5. The third-order valence-corrected chi connectivity index (χ3v) is 5.59. The Balaban J connectivity index is 1.38. The Morgan fingerprint density at radius 3 is 2.56 bits per heavy atom. The van der Waals surface area contributed by atoms with Crippen LogP contribution in [0.25, 0.3) is 0 Å². The maximum Gasteiger partial charge on any atom is 0.253 e. The van der Waals surface area contributed by atoms with Crippen molar-refractivity contribution in [3.05, 3.63) is 42.2 Å². The Hall–Kier alpha value is -2.87. The molecule has 0 unspecified atom stereocenters. The zero-order valence-corrected chi connectivity index (χ0v) is 15.0. The summed E-state index contributed by atoms with van der Waals surface area (Å²) in [4.78, 5) is 26.5. The van der Waals surface area contributed by atoms with Crippen molar-refractivity contribution in [1.29, 1.82) is 0 Å². The van der Waals surface area contributed by atoms with Gasteiger partial charge in [-0.1, -0.05) is 23.4 Å². The molecule has 4 aliphatic heterocycles. The molecule has 0 spiro atoms. The van der Waals surface area contributed by atoms with Crippen molar-refractivity contribution in [2.45, 2.75) is 25.3 Å². The molecule has 5 heterocycles. The first kappa shape index (κ1) is 16.3. The summed E-state index contributed by atoms with van der Waals surface area (Å²) in [6, 6.07) is 8.06. The number of benzene rings is 1. The molecule has 3 saturated heterocycles. The summed E-state index contributed by atoms with van der Waals surface area (Å²) in [5.74, 6) is 0.594. The molecule has 3 fully saturated rings. The second kappa shape index (κ2) is 6.70. The number of amides is 1. The maximum atomic E-state index is 12.6. The van der Waals surface area contributed by atoms with Crippen molar-refractivity contribution in [3.63, 3.8) is 0 Å². The number of hydrogen-bond donors (Lipinski definition) is 0. The Labute approximate surface area is 157 Å². The van der Waals surface area contributed by atoms with E-state index in [0.717, 1.165) is 56.2 Å². The summed E-state index contributed by atoms with van der Waals surface area (Å²) >= 11 is 0. The van der Waals surface area contributed by atoms with Crippen molar-refractivity contribution in [1.82, 2.24) is 14.9 Å². The van der Waals surface area contributed by atoms with E-state index in [-0.39, 0.29) is 12.3 Å². The van der Waals surface area contributed by atoms with Crippen LogP contribution in [0.5, 0.6) is 0 Å². The van der Waals surface area contributed by atoms with E-state index in [2.05, 4.69) is 30.1 Å². The van der Waals surface area contributed by atoms with E-state index in [1.807, 2.05) is 24.3 Å². The molecule has 0 saturated carbocycles. The first-order valence-electron chi connectivity index (χ1n) is 9.41. The average molecular weight is 363 g/mol. The Morgan fingerprint density at radius 1 is 0.963 bits per heavy atom. The second-order valence-corrected chi connectivity index (χ2v) is 7.21. The highest BCUT2D eigenvalue weighted by atomic mass is 16.2. The van der Waals surface area contributed by atoms with Crippen molar-refractivity contribution < 1.29 is 4.79 Å². The SMILES string of the molecule is O=C1Cc2ccccc2N=NN1c1cnc(N2CCN3CCC2CC3)nc1. The number of hydrogen-bond acceptors (Lipinski definition) is 7. The van der Waals surface area contributed by atoms with Gasteiger partial charge in [-0.3, -0.25) is 4.79 Å². The fraction of sp³-hybridized carbons (Fsp3) is 0.421. The minimum absolute atomic E-state index is 0.138. The van der Waals surface area contributed by atoms with Gasteiger partial charge in [0.2, 0.25) is 5.95 Å². The molecule has 8 heteroatoms. The number of piperidine rings is 1. The van der Waals surface area contributed by atoms with Crippen LogP contribution >= 0.6 is 0 Å². The fourth-order valence-corrected chi connectivity index (χ4v) is 4.06. The molecule has 0 radical (unpaired) electrons. The normalized spacial score (nSPS) is 24.5. The summed E-state index contributed by atoms with van der Waals surface area (Å²) in [5, 5.41) is 9.62. The zero-order valence-electron chi connectivity index (χ0n) is 15.0. The van der Waals surface area contributed by atoms with E-state index in [1.54, 1.807) is 12.4 Å². The molecular weight excluding hydrogens is 342 g/mol. The molecule has 0 atom stereocenters. The lowest BCUT2D eigenvalue weighted by Gasteiger charge is -2.31. The van der Waals surface area contributed by atoms with Gasteiger partial charge in [-0.05, 0) is 24.5 Å². The van der Waals surface area contributed by atoms with Gasteiger partial charge in [0, 0.05) is 32.2 Å². The number of carbonyl (C=O) groups is 1. The van der Waals surface area contributed by atoms with Crippen molar-refractivity contribution in [3.8, 4) is 0 Å². The van der Waals surface area contributed by atoms with Crippen molar-refractivity contribution in [2.75, 3.05) is 36.1 Å². The summed E-state index contributed by atoms with van der Waals surface area (Å²) in [6.45, 7) is 4.31. The molecule has 138 valence electrons. The van der Waals surface area contributed by atoms with Gasteiger partial charge in [-0.15, -0.1) is 5.11 Å². The summed E-state index contributed by atoms with van der Waals surface area (Å²) in [5.41, 5.74) is 2.14. The largest absolute Gasteiger partial charge is 0.336 e. The van der Waals surface area contributed by atoms with E-state index < -0.39 is 0 Å². The van der Waals surface area contributed by atoms with E-state index in [0.29, 0.717) is 11.7 Å². The average Bonchev–Trinajstić information content (AvgIpc) is 3.11. The highest BCUT2D eigenvalue weighted by Gasteiger charge is 2.30. The van der Waals surface area contributed by atoms with Crippen molar-refractivity contribution >= 4 is 23.2 Å². The second-order valence-electron chi connectivity index (χ2n) is 7.21. The lowest BCUT2D eigenvalue weighted by atomic mass is 10.1. The molecule has 27 heavy (non-hydrogen) atoms. The van der Waals surface area contributed by atoms with Crippen LogP contribution < -0.4 is 9.91 Å². The lowest BCUT2D eigenvalue weighted by molar-refractivity contribution is -0.118. The summed E-state index contributed by atoms with van der Waals surface area (Å²) < 4.78 is 0. The van der Waals surface area contributed by atoms with Gasteiger partial charge < -0.3 is 9.80 Å². The smallest absolute Gasteiger partial charge is 0.253 e. The fourth-order valence-electron chi connectivity index (χ4n) is 4.06. The molecule has 1 aromatic heterocycles. The molecule has 4 aliphatic rings. The van der Waals surface area contributed by atoms with Gasteiger partial charge >= 0.3 is 0 Å². The predicted molar refractivity (Wildman–Crippen MR) is 101 cm³/mol. The minimum Gasteiger partial charge on any atom is -0.336 e. The number of anilines is 2. The Morgan fingerprint density at radius 2 is 1.74 bits per heavy atom. The van der Waals surface area contributed by atoms with Crippen molar-refractivity contribution in [2.24, 2.45) is 10.3 Å². The molecular formula is C19H21N7O. The van der Waals surface area contributed by atoms with E-state index in [1.165, 1.54) is 5.01 Å². The number of aromatic nitrogens is 2. The quantitative estimate of drug-likeness (QED) is 0.818. The topological polar surface area (TPSA) is 77.3 Å². The van der Waals surface area contributed by atoms with Crippen LogP contribution in [0, 0.1) is 0 Å². The molecule has 0 aliphatic carbocycles. The molecule has 2 aromatic rings. The van der Waals surface area contributed by atoms with Crippen LogP contribution in [0.3, 0.4) is 0 Å². The summed E-state index contributed by atoms with van der Waals surface area (Å²) in [7, 11) is 0. The molecule has 2 bridgehead atoms. The standard InChI is InChI=1S/C19H21N7O/c27-18-11-14-3-1-2-4-17(14)22-23-26(18)16-12-20-19(21-13-16)25-10-9-24-7-5-15(25)6-8-24/h1-4,12-13,15H,5-11H2. The monoisotopic (exact) mass is 363 g/mol. The minimum atomic E-state index is -0.138. The molecule has 1 aromatic carbocycles. The summed E-state index contributed by atoms with van der Waals surface area (Å²) in [6.07, 6.45) is 5.92. The van der Waals surface area contributed by atoms with Crippen LogP contribution in [-0.4, -0.2) is 53.0 Å². The highest BCUT2D eigenvalue weighted by molar-refractivity contribution is 5.94.